The van der Waals surface area contributed by atoms with E-state index in [1.165, 1.54) is 0 Å². The third kappa shape index (κ3) is 3.87. The maximum Gasteiger partial charge on any atom is 0.247 e. The number of likely N-dealkylation sites (tertiary alicyclic amines) is 1. The van der Waals surface area contributed by atoms with Crippen LogP contribution in [0, 0.1) is 6.92 Å². The van der Waals surface area contributed by atoms with Crippen molar-refractivity contribution in [2.24, 2.45) is 0 Å². The van der Waals surface area contributed by atoms with E-state index in [2.05, 4.69) is 22.1 Å². The summed E-state index contributed by atoms with van der Waals surface area (Å²) in [5, 5.41) is 0. The SMILES string of the molecule is Cc1ccc(/C=C/C(=O)N2CCCCC2c2ncc(-c3ccccc3)[nH]2)o1. The molecule has 0 spiro atoms. The van der Waals surface area contributed by atoms with Gasteiger partial charge >= 0.3 is 0 Å². The first-order chi connectivity index (χ1) is 13.2. The quantitative estimate of drug-likeness (QED) is 0.683. The Morgan fingerprint density at radius 2 is 2.07 bits per heavy atom. The Labute approximate surface area is 158 Å². The second-order valence-electron chi connectivity index (χ2n) is 6.87. The molecule has 0 aliphatic carbocycles. The molecule has 2 aromatic heterocycles. The van der Waals surface area contributed by atoms with Crippen LogP contribution in [0.2, 0.25) is 0 Å². The number of hydrogen-bond donors (Lipinski definition) is 1. The van der Waals surface area contributed by atoms with Gasteiger partial charge in [-0.05, 0) is 50.0 Å². The topological polar surface area (TPSA) is 62.1 Å². The molecule has 1 N–H and O–H groups in total. The van der Waals surface area contributed by atoms with Gasteiger partial charge in [0, 0.05) is 12.6 Å². The van der Waals surface area contributed by atoms with E-state index >= 15 is 0 Å². The van der Waals surface area contributed by atoms with Crippen LogP contribution in [0.5, 0.6) is 0 Å². The smallest absolute Gasteiger partial charge is 0.247 e. The summed E-state index contributed by atoms with van der Waals surface area (Å²) in [6.45, 7) is 2.63. The van der Waals surface area contributed by atoms with E-state index in [0.717, 1.165) is 48.6 Å². The highest BCUT2D eigenvalue weighted by molar-refractivity contribution is 5.91. The number of aromatic nitrogens is 2. The van der Waals surface area contributed by atoms with Crippen molar-refractivity contribution < 1.29 is 9.21 Å². The molecule has 1 saturated heterocycles. The summed E-state index contributed by atoms with van der Waals surface area (Å²) in [6.07, 6.45) is 8.21. The van der Waals surface area contributed by atoms with Crippen molar-refractivity contribution >= 4 is 12.0 Å². The number of imidazole rings is 1. The minimum atomic E-state index is -0.0216. The van der Waals surface area contributed by atoms with Gasteiger partial charge in [0.25, 0.3) is 0 Å². The first-order valence-corrected chi connectivity index (χ1v) is 9.36. The summed E-state index contributed by atoms with van der Waals surface area (Å²) in [5.74, 6) is 2.37. The highest BCUT2D eigenvalue weighted by Crippen LogP contribution is 2.31. The third-order valence-corrected chi connectivity index (χ3v) is 4.93. The van der Waals surface area contributed by atoms with Gasteiger partial charge in [0.1, 0.15) is 17.3 Å². The normalized spacial score (nSPS) is 17.5. The number of rotatable bonds is 4. The fraction of sp³-hybridized carbons (Fsp3) is 0.273. The van der Waals surface area contributed by atoms with E-state index < -0.39 is 0 Å². The number of nitrogens with one attached hydrogen (secondary N) is 1. The van der Waals surface area contributed by atoms with Crippen LogP contribution in [0.1, 0.15) is 42.6 Å². The number of carbonyl (C=O) groups is 1. The lowest BCUT2D eigenvalue weighted by Gasteiger charge is -2.33. The third-order valence-electron chi connectivity index (χ3n) is 4.93. The molecule has 5 heteroatoms. The number of aryl methyl sites for hydroxylation is 1. The second-order valence-corrected chi connectivity index (χ2v) is 6.87. The van der Waals surface area contributed by atoms with Crippen LogP contribution >= 0.6 is 0 Å². The molecule has 0 saturated carbocycles. The molecule has 1 atom stereocenters. The van der Waals surface area contributed by atoms with E-state index in [1.807, 2.05) is 48.4 Å². The zero-order chi connectivity index (χ0) is 18.6. The summed E-state index contributed by atoms with van der Waals surface area (Å²) in [7, 11) is 0. The summed E-state index contributed by atoms with van der Waals surface area (Å²) in [5.41, 5.74) is 2.07. The van der Waals surface area contributed by atoms with Gasteiger partial charge in [-0.15, -0.1) is 0 Å². The van der Waals surface area contributed by atoms with Crippen LogP contribution in [0.15, 0.2) is 59.2 Å². The van der Waals surface area contributed by atoms with E-state index in [9.17, 15) is 4.79 Å². The number of nitrogens with zero attached hydrogens (tertiary/aromatic N) is 2. The minimum absolute atomic E-state index is 0.00795. The molecule has 1 aromatic carbocycles. The fourth-order valence-electron chi connectivity index (χ4n) is 3.54. The fourth-order valence-corrected chi connectivity index (χ4v) is 3.54. The van der Waals surface area contributed by atoms with Crippen molar-refractivity contribution in [2.75, 3.05) is 6.54 Å². The van der Waals surface area contributed by atoms with E-state index in [1.54, 1.807) is 12.2 Å². The maximum atomic E-state index is 12.8. The zero-order valence-electron chi connectivity index (χ0n) is 15.4. The average molecular weight is 361 g/mol. The predicted molar refractivity (Wildman–Crippen MR) is 105 cm³/mol. The van der Waals surface area contributed by atoms with Gasteiger partial charge in [0.15, 0.2) is 0 Å². The molecule has 0 bridgehead atoms. The van der Waals surface area contributed by atoms with Crippen molar-refractivity contribution in [1.82, 2.24) is 14.9 Å². The molecule has 1 aliphatic heterocycles. The zero-order valence-corrected chi connectivity index (χ0v) is 15.4. The highest BCUT2D eigenvalue weighted by Gasteiger charge is 2.29. The molecular weight excluding hydrogens is 338 g/mol. The maximum absolute atomic E-state index is 12.8. The number of H-pyrrole nitrogens is 1. The summed E-state index contributed by atoms with van der Waals surface area (Å²) in [6, 6.07) is 13.8. The van der Waals surface area contributed by atoms with E-state index in [0.29, 0.717) is 5.76 Å². The first kappa shape index (κ1) is 17.3. The van der Waals surface area contributed by atoms with Crippen molar-refractivity contribution in [3.63, 3.8) is 0 Å². The number of benzene rings is 1. The van der Waals surface area contributed by atoms with Crippen LogP contribution in [0.25, 0.3) is 17.3 Å². The Bertz CT molecular complexity index is 939. The lowest BCUT2D eigenvalue weighted by atomic mass is 10.0. The van der Waals surface area contributed by atoms with Gasteiger partial charge in [0.05, 0.1) is 17.9 Å². The van der Waals surface area contributed by atoms with Crippen LogP contribution in [-0.2, 0) is 4.79 Å². The highest BCUT2D eigenvalue weighted by atomic mass is 16.3. The van der Waals surface area contributed by atoms with Gasteiger partial charge in [0.2, 0.25) is 5.91 Å². The molecule has 1 amide bonds. The Hall–Kier alpha value is -3.08. The number of aromatic amines is 1. The van der Waals surface area contributed by atoms with Crippen molar-refractivity contribution in [3.8, 4) is 11.3 Å². The van der Waals surface area contributed by atoms with Crippen LogP contribution in [0.3, 0.4) is 0 Å². The largest absolute Gasteiger partial charge is 0.462 e. The lowest BCUT2D eigenvalue weighted by molar-refractivity contribution is -0.129. The predicted octanol–water partition coefficient (Wildman–Crippen LogP) is 4.75. The van der Waals surface area contributed by atoms with Crippen molar-refractivity contribution in [1.29, 1.82) is 0 Å². The molecule has 5 nitrogen and oxygen atoms in total. The van der Waals surface area contributed by atoms with Gasteiger partial charge in [-0.1, -0.05) is 30.3 Å². The molecule has 3 heterocycles. The van der Waals surface area contributed by atoms with Crippen LogP contribution in [0.4, 0.5) is 0 Å². The number of hydrogen-bond acceptors (Lipinski definition) is 3. The summed E-state index contributed by atoms with van der Waals surface area (Å²) in [4.78, 5) is 22.7. The van der Waals surface area contributed by atoms with Crippen LogP contribution in [-0.4, -0.2) is 27.3 Å². The first-order valence-electron chi connectivity index (χ1n) is 9.36. The Morgan fingerprint density at radius 3 is 2.85 bits per heavy atom. The standard InChI is InChI=1S/C22H23N3O2/c1-16-10-11-18(27-16)12-13-21(26)25-14-6-5-9-20(25)22-23-15-19(24-22)17-7-3-2-4-8-17/h2-4,7-8,10-13,15,20H,5-6,9,14H2,1H3,(H,23,24)/b13-12+. The lowest BCUT2D eigenvalue weighted by Crippen LogP contribution is -2.38. The Balaban J connectivity index is 1.53. The minimum Gasteiger partial charge on any atom is -0.462 e. The molecule has 0 radical (unpaired) electrons. The number of furan rings is 1. The Morgan fingerprint density at radius 1 is 1.22 bits per heavy atom. The number of amides is 1. The molecule has 4 rings (SSSR count). The summed E-state index contributed by atoms with van der Waals surface area (Å²) >= 11 is 0. The molecular formula is C22H23N3O2. The molecule has 1 unspecified atom stereocenters. The number of piperidine rings is 1. The summed E-state index contributed by atoms with van der Waals surface area (Å²) < 4.78 is 5.51. The molecule has 1 fully saturated rings. The van der Waals surface area contributed by atoms with Gasteiger partial charge in [-0.2, -0.15) is 0 Å². The van der Waals surface area contributed by atoms with Crippen LogP contribution < -0.4 is 0 Å². The van der Waals surface area contributed by atoms with E-state index in [-0.39, 0.29) is 11.9 Å². The molecule has 27 heavy (non-hydrogen) atoms. The van der Waals surface area contributed by atoms with Gasteiger partial charge in [-0.25, -0.2) is 4.98 Å². The van der Waals surface area contributed by atoms with E-state index in [4.69, 9.17) is 4.42 Å². The van der Waals surface area contributed by atoms with Crippen molar-refractivity contribution in [3.05, 3.63) is 72.1 Å². The van der Waals surface area contributed by atoms with Crippen molar-refractivity contribution in [2.45, 2.75) is 32.2 Å². The second kappa shape index (κ2) is 7.66. The number of carbonyl (C=O) groups excluding carboxylic acids is 1. The molecule has 3 aromatic rings. The monoisotopic (exact) mass is 361 g/mol. The Kier molecular flexibility index (Phi) is 4.92. The molecule has 138 valence electrons. The van der Waals surface area contributed by atoms with Gasteiger partial charge in [-0.3, -0.25) is 4.79 Å². The average Bonchev–Trinajstić information content (AvgIpc) is 3.36. The molecule has 1 aliphatic rings. The van der Waals surface area contributed by atoms with Gasteiger partial charge < -0.3 is 14.3 Å².